The number of hydrogen-bond donors (Lipinski definition) is 0. The number of sulfonamides is 1. The number of nitriles is 1. The Kier molecular flexibility index (Phi) is 6.05. The molecule has 1 unspecified atom stereocenters. The Labute approximate surface area is 168 Å². The molecule has 3 rings (SSSR count). The molecule has 0 spiro atoms. The van der Waals surface area contributed by atoms with Gasteiger partial charge in [-0.05, 0) is 30.2 Å². The molecule has 0 N–H and O–H groups in total. The van der Waals surface area contributed by atoms with Crippen molar-refractivity contribution in [1.29, 1.82) is 5.26 Å². The van der Waals surface area contributed by atoms with E-state index in [9.17, 15) is 13.7 Å². The zero-order chi connectivity index (χ0) is 19.4. The molecule has 0 bridgehead atoms. The van der Waals surface area contributed by atoms with Crippen LogP contribution in [0.2, 0.25) is 0 Å². The molecule has 0 radical (unpaired) electrons. The molecule has 142 valence electrons. The average Bonchev–Trinajstić information content (AvgIpc) is 3.15. The third-order valence-electron chi connectivity index (χ3n) is 4.61. The van der Waals surface area contributed by atoms with Gasteiger partial charge in [-0.3, -0.25) is 0 Å². The number of methoxy groups -OCH3 is 1. The molecule has 1 fully saturated rings. The molecule has 0 aliphatic carbocycles. The summed E-state index contributed by atoms with van der Waals surface area (Å²) in [4.78, 5) is 1.71. The van der Waals surface area contributed by atoms with E-state index >= 15 is 0 Å². The maximum atomic E-state index is 13.6. The highest BCUT2D eigenvalue weighted by Crippen LogP contribution is 2.33. The Morgan fingerprint density at radius 2 is 2.04 bits per heavy atom. The molecule has 0 amide bonds. The highest BCUT2D eigenvalue weighted by molar-refractivity contribution is 9.10. The fraction of sp³-hybridized carbons (Fsp3) is 0.316. The van der Waals surface area contributed by atoms with Crippen LogP contribution >= 0.6 is 15.9 Å². The van der Waals surface area contributed by atoms with Crippen LogP contribution < -0.4 is 4.74 Å². The first-order valence-corrected chi connectivity index (χ1v) is 10.7. The molecule has 0 saturated carbocycles. The summed E-state index contributed by atoms with van der Waals surface area (Å²) >= 11 is 3.35. The van der Waals surface area contributed by atoms with Crippen molar-refractivity contribution in [3.63, 3.8) is 0 Å². The number of ether oxygens (including phenoxy) is 1. The normalized spacial score (nSPS) is 17.1. The summed E-state index contributed by atoms with van der Waals surface area (Å²) in [5.74, 6) is 0.298. The van der Waals surface area contributed by atoms with E-state index in [-0.39, 0.29) is 17.5 Å². The van der Waals surface area contributed by atoms with Crippen molar-refractivity contribution >= 4 is 26.0 Å². The van der Waals surface area contributed by atoms with Crippen LogP contribution in [-0.2, 0) is 16.6 Å². The lowest BCUT2D eigenvalue weighted by Crippen LogP contribution is -2.41. The Balaban J connectivity index is 2.04. The van der Waals surface area contributed by atoms with Gasteiger partial charge in [0.15, 0.2) is 6.19 Å². The van der Waals surface area contributed by atoms with Gasteiger partial charge in [-0.1, -0.05) is 46.3 Å². The standard InChI is InChI=1S/C19H20BrN3O3S/c1-26-18-8-7-16(20)11-19(18)27(24,25)23(12-15-5-3-2-4-6-15)17-9-10-22(13-17)14-21/h2-8,11,17H,9-10,12-13H2,1H3. The Bertz CT molecular complexity index is 944. The molecule has 27 heavy (non-hydrogen) atoms. The van der Waals surface area contributed by atoms with Crippen molar-refractivity contribution in [2.24, 2.45) is 0 Å². The third-order valence-corrected chi connectivity index (χ3v) is 7.02. The Hall–Kier alpha value is -2.08. The molecule has 1 atom stereocenters. The first-order valence-electron chi connectivity index (χ1n) is 8.49. The van der Waals surface area contributed by atoms with Crippen molar-refractivity contribution in [1.82, 2.24) is 9.21 Å². The van der Waals surface area contributed by atoms with Gasteiger partial charge in [0.05, 0.1) is 7.11 Å². The lowest BCUT2D eigenvalue weighted by molar-refractivity contribution is 0.312. The van der Waals surface area contributed by atoms with Crippen LogP contribution in [0.15, 0.2) is 57.9 Å². The first kappa shape index (κ1) is 19.7. The molecule has 2 aromatic carbocycles. The van der Waals surface area contributed by atoms with Crippen LogP contribution in [-0.4, -0.2) is 43.9 Å². The monoisotopic (exact) mass is 449 g/mol. The number of nitrogens with zero attached hydrogens (tertiary/aromatic N) is 3. The molecule has 8 heteroatoms. The van der Waals surface area contributed by atoms with Gasteiger partial charge >= 0.3 is 0 Å². The van der Waals surface area contributed by atoms with Gasteiger partial charge in [0, 0.05) is 30.1 Å². The smallest absolute Gasteiger partial charge is 0.247 e. The predicted molar refractivity (Wildman–Crippen MR) is 105 cm³/mol. The molecule has 1 aliphatic rings. The van der Waals surface area contributed by atoms with E-state index in [1.165, 1.54) is 11.4 Å². The highest BCUT2D eigenvalue weighted by Gasteiger charge is 2.37. The second-order valence-corrected chi connectivity index (χ2v) is 9.09. The molecule has 1 heterocycles. The van der Waals surface area contributed by atoms with E-state index in [2.05, 4.69) is 22.1 Å². The first-order chi connectivity index (χ1) is 13.0. The average molecular weight is 450 g/mol. The Morgan fingerprint density at radius 3 is 2.67 bits per heavy atom. The molecule has 6 nitrogen and oxygen atoms in total. The summed E-state index contributed by atoms with van der Waals surface area (Å²) in [5.41, 5.74) is 0.894. The minimum Gasteiger partial charge on any atom is -0.495 e. The number of halogens is 1. The molecule has 1 aliphatic heterocycles. The number of likely N-dealkylation sites (tertiary alicyclic amines) is 1. The molecular weight excluding hydrogens is 430 g/mol. The van der Waals surface area contributed by atoms with E-state index in [4.69, 9.17) is 4.74 Å². The van der Waals surface area contributed by atoms with Gasteiger partial charge in [-0.2, -0.15) is 9.57 Å². The van der Waals surface area contributed by atoms with Crippen LogP contribution in [0.3, 0.4) is 0 Å². The molecule has 1 saturated heterocycles. The fourth-order valence-corrected chi connectivity index (χ4v) is 5.55. The minimum atomic E-state index is -3.84. The SMILES string of the molecule is COc1ccc(Br)cc1S(=O)(=O)N(Cc1ccccc1)C1CCN(C#N)C1. The van der Waals surface area contributed by atoms with Gasteiger partial charge in [0.1, 0.15) is 10.6 Å². The van der Waals surface area contributed by atoms with Crippen molar-refractivity contribution < 1.29 is 13.2 Å². The molecule has 0 aromatic heterocycles. The Morgan fingerprint density at radius 1 is 1.30 bits per heavy atom. The lowest BCUT2D eigenvalue weighted by Gasteiger charge is -2.28. The summed E-state index contributed by atoms with van der Waals surface area (Å²) in [7, 11) is -2.38. The highest BCUT2D eigenvalue weighted by atomic mass is 79.9. The minimum absolute atomic E-state index is 0.116. The van der Waals surface area contributed by atoms with Crippen LogP contribution in [0.5, 0.6) is 5.75 Å². The third kappa shape index (κ3) is 4.26. The molecular formula is C19H20BrN3O3S. The quantitative estimate of drug-likeness (QED) is 0.632. The van der Waals surface area contributed by atoms with Crippen molar-refractivity contribution in [2.75, 3.05) is 20.2 Å². The van der Waals surface area contributed by atoms with Crippen molar-refractivity contribution in [2.45, 2.75) is 23.9 Å². The van der Waals surface area contributed by atoms with Crippen molar-refractivity contribution in [3.8, 4) is 11.9 Å². The second kappa shape index (κ2) is 8.30. The summed E-state index contributed by atoms with van der Waals surface area (Å²) < 4.78 is 34.6. The van der Waals surface area contributed by atoms with E-state index in [0.29, 0.717) is 29.7 Å². The predicted octanol–water partition coefficient (Wildman–Crippen LogP) is 3.20. The van der Waals surface area contributed by atoms with Crippen LogP contribution in [0.4, 0.5) is 0 Å². The van der Waals surface area contributed by atoms with Gasteiger partial charge in [-0.15, -0.1) is 0 Å². The maximum Gasteiger partial charge on any atom is 0.247 e. The lowest BCUT2D eigenvalue weighted by atomic mass is 10.2. The van der Waals surface area contributed by atoms with Crippen LogP contribution in [0.1, 0.15) is 12.0 Å². The van der Waals surface area contributed by atoms with Gasteiger partial charge in [0.25, 0.3) is 0 Å². The summed E-state index contributed by atoms with van der Waals surface area (Å²) in [5, 5.41) is 9.18. The fourth-order valence-electron chi connectivity index (χ4n) is 3.22. The largest absolute Gasteiger partial charge is 0.495 e. The zero-order valence-corrected chi connectivity index (χ0v) is 17.3. The molecule has 2 aromatic rings. The summed E-state index contributed by atoms with van der Waals surface area (Å²) in [6.45, 7) is 1.18. The van der Waals surface area contributed by atoms with Gasteiger partial charge < -0.3 is 9.64 Å². The maximum absolute atomic E-state index is 13.6. The topological polar surface area (TPSA) is 73.6 Å². The van der Waals surface area contributed by atoms with Gasteiger partial charge in [-0.25, -0.2) is 8.42 Å². The number of rotatable bonds is 6. The zero-order valence-electron chi connectivity index (χ0n) is 14.9. The van der Waals surface area contributed by atoms with Crippen LogP contribution in [0, 0.1) is 11.5 Å². The van der Waals surface area contributed by atoms with Gasteiger partial charge in [0.2, 0.25) is 10.0 Å². The van der Waals surface area contributed by atoms with E-state index in [1.807, 2.05) is 30.3 Å². The van der Waals surface area contributed by atoms with Crippen LogP contribution in [0.25, 0.3) is 0 Å². The van der Waals surface area contributed by atoms with E-state index < -0.39 is 10.0 Å². The number of benzene rings is 2. The summed E-state index contributed by atoms with van der Waals surface area (Å²) in [6, 6.07) is 14.1. The van der Waals surface area contributed by atoms with E-state index in [1.54, 1.807) is 23.1 Å². The summed E-state index contributed by atoms with van der Waals surface area (Å²) in [6.07, 6.45) is 2.72. The van der Waals surface area contributed by atoms with E-state index in [0.717, 1.165) is 5.56 Å². The second-order valence-electron chi connectivity index (χ2n) is 6.32. The van der Waals surface area contributed by atoms with Crippen molar-refractivity contribution in [3.05, 3.63) is 58.6 Å². The number of hydrogen-bond acceptors (Lipinski definition) is 5.